The van der Waals surface area contributed by atoms with E-state index in [9.17, 15) is 0 Å². The van der Waals surface area contributed by atoms with Gasteiger partial charge in [0.25, 0.3) is 0 Å². The number of hydrogen-bond donors (Lipinski definition) is 3. The van der Waals surface area contributed by atoms with Crippen molar-refractivity contribution < 1.29 is 0 Å². The summed E-state index contributed by atoms with van der Waals surface area (Å²) in [6, 6.07) is 5.52. The molecule has 0 radical (unpaired) electrons. The van der Waals surface area contributed by atoms with Crippen LogP contribution in [0.25, 0.3) is 0 Å². The normalized spacial score (nSPS) is 12.4. The third-order valence-electron chi connectivity index (χ3n) is 2.71. The van der Waals surface area contributed by atoms with Gasteiger partial charge in [-0.05, 0) is 30.2 Å². The third-order valence-corrected chi connectivity index (χ3v) is 2.71. The standard InChI is InChI=1S/C12H15N5/c1-8-4-6-16-12(13)10(8)11(17-14)9-3-2-5-15-7-9/h2-7,11,17H,14H2,1H3,(H2,13,16). The molecule has 1 atom stereocenters. The van der Waals surface area contributed by atoms with Gasteiger partial charge in [0.2, 0.25) is 0 Å². The van der Waals surface area contributed by atoms with E-state index in [2.05, 4.69) is 15.4 Å². The monoisotopic (exact) mass is 229 g/mol. The van der Waals surface area contributed by atoms with Crippen LogP contribution in [0, 0.1) is 6.92 Å². The highest BCUT2D eigenvalue weighted by atomic mass is 15.2. The molecule has 5 nitrogen and oxygen atoms in total. The van der Waals surface area contributed by atoms with Crippen LogP contribution in [0.1, 0.15) is 22.7 Å². The van der Waals surface area contributed by atoms with Crippen LogP contribution in [0.2, 0.25) is 0 Å². The van der Waals surface area contributed by atoms with Crippen LogP contribution in [0.3, 0.4) is 0 Å². The van der Waals surface area contributed by atoms with E-state index < -0.39 is 0 Å². The molecule has 1 unspecified atom stereocenters. The minimum atomic E-state index is -0.197. The fourth-order valence-corrected chi connectivity index (χ4v) is 1.86. The van der Waals surface area contributed by atoms with Crippen molar-refractivity contribution in [2.24, 2.45) is 5.84 Å². The van der Waals surface area contributed by atoms with Gasteiger partial charge in [-0.25, -0.2) is 10.4 Å². The van der Waals surface area contributed by atoms with Crippen LogP contribution in [0.5, 0.6) is 0 Å². The van der Waals surface area contributed by atoms with Gasteiger partial charge in [-0.2, -0.15) is 0 Å². The second-order valence-corrected chi connectivity index (χ2v) is 3.81. The molecule has 2 rings (SSSR count). The van der Waals surface area contributed by atoms with Crippen molar-refractivity contribution in [2.75, 3.05) is 5.73 Å². The van der Waals surface area contributed by atoms with Crippen molar-refractivity contribution in [1.29, 1.82) is 0 Å². The van der Waals surface area contributed by atoms with E-state index in [1.165, 1.54) is 0 Å². The van der Waals surface area contributed by atoms with Gasteiger partial charge in [-0.1, -0.05) is 6.07 Å². The largest absolute Gasteiger partial charge is 0.383 e. The highest BCUT2D eigenvalue weighted by Gasteiger charge is 2.18. The molecule has 0 aliphatic rings. The highest BCUT2D eigenvalue weighted by Crippen LogP contribution is 2.27. The number of hydrazine groups is 1. The van der Waals surface area contributed by atoms with E-state index in [1.54, 1.807) is 18.6 Å². The van der Waals surface area contributed by atoms with Crippen molar-refractivity contribution in [3.63, 3.8) is 0 Å². The van der Waals surface area contributed by atoms with Gasteiger partial charge in [0.15, 0.2) is 0 Å². The fraction of sp³-hybridized carbons (Fsp3) is 0.167. The molecule has 0 saturated carbocycles. The summed E-state index contributed by atoms with van der Waals surface area (Å²) in [6.07, 6.45) is 5.16. The van der Waals surface area contributed by atoms with Crippen LogP contribution >= 0.6 is 0 Å². The summed E-state index contributed by atoms with van der Waals surface area (Å²) < 4.78 is 0. The number of rotatable bonds is 3. The zero-order valence-corrected chi connectivity index (χ0v) is 9.59. The van der Waals surface area contributed by atoms with E-state index in [4.69, 9.17) is 11.6 Å². The number of aromatic nitrogens is 2. The Morgan fingerprint density at radius 2 is 2.12 bits per heavy atom. The molecular formula is C12H15N5. The lowest BCUT2D eigenvalue weighted by atomic mass is 9.97. The Bertz CT molecular complexity index is 477. The molecule has 0 spiro atoms. The van der Waals surface area contributed by atoms with Gasteiger partial charge in [-0.3, -0.25) is 10.8 Å². The lowest BCUT2D eigenvalue weighted by Crippen LogP contribution is -2.30. The maximum atomic E-state index is 5.91. The maximum Gasteiger partial charge on any atom is 0.128 e. The second kappa shape index (κ2) is 4.90. The van der Waals surface area contributed by atoms with Gasteiger partial charge >= 0.3 is 0 Å². The van der Waals surface area contributed by atoms with Gasteiger partial charge in [0.1, 0.15) is 5.82 Å². The molecule has 2 heterocycles. The quantitative estimate of drug-likeness (QED) is 0.538. The molecule has 2 aromatic rings. The Morgan fingerprint density at radius 1 is 1.29 bits per heavy atom. The van der Waals surface area contributed by atoms with Gasteiger partial charge in [0.05, 0.1) is 6.04 Å². The predicted molar refractivity (Wildman–Crippen MR) is 66.8 cm³/mol. The lowest BCUT2D eigenvalue weighted by molar-refractivity contribution is 0.631. The maximum absolute atomic E-state index is 5.91. The molecule has 0 fully saturated rings. The first-order valence-corrected chi connectivity index (χ1v) is 5.31. The average Bonchev–Trinajstić information content (AvgIpc) is 2.35. The van der Waals surface area contributed by atoms with Crippen molar-refractivity contribution in [3.8, 4) is 0 Å². The number of aryl methyl sites for hydroxylation is 1. The summed E-state index contributed by atoms with van der Waals surface area (Å²) in [7, 11) is 0. The van der Waals surface area contributed by atoms with Crippen LogP contribution in [-0.2, 0) is 0 Å². The lowest BCUT2D eigenvalue weighted by Gasteiger charge is -2.19. The summed E-state index contributed by atoms with van der Waals surface area (Å²) in [5.74, 6) is 6.10. The van der Waals surface area contributed by atoms with Gasteiger partial charge in [-0.15, -0.1) is 0 Å². The Hall–Kier alpha value is -1.98. The summed E-state index contributed by atoms with van der Waals surface area (Å²) in [5, 5.41) is 0. The molecule has 5 N–H and O–H groups in total. The van der Waals surface area contributed by atoms with E-state index in [1.807, 2.05) is 25.1 Å². The summed E-state index contributed by atoms with van der Waals surface area (Å²) in [4.78, 5) is 8.18. The molecule has 17 heavy (non-hydrogen) atoms. The number of pyridine rings is 2. The molecule has 5 heteroatoms. The summed E-state index contributed by atoms with van der Waals surface area (Å²) in [5.41, 5.74) is 11.6. The molecule has 0 saturated heterocycles. The topological polar surface area (TPSA) is 89.8 Å². The third kappa shape index (κ3) is 2.25. The van der Waals surface area contributed by atoms with Crippen molar-refractivity contribution in [3.05, 3.63) is 53.5 Å². The second-order valence-electron chi connectivity index (χ2n) is 3.81. The Labute approximate surface area is 99.9 Å². The van der Waals surface area contributed by atoms with Crippen molar-refractivity contribution in [1.82, 2.24) is 15.4 Å². The first-order chi connectivity index (χ1) is 8.24. The highest BCUT2D eigenvalue weighted by molar-refractivity contribution is 5.49. The number of anilines is 1. The van der Waals surface area contributed by atoms with E-state index in [0.29, 0.717) is 5.82 Å². The fourth-order valence-electron chi connectivity index (χ4n) is 1.86. The number of hydrogen-bond acceptors (Lipinski definition) is 5. The Morgan fingerprint density at radius 3 is 2.71 bits per heavy atom. The number of nitrogen functional groups attached to an aromatic ring is 1. The van der Waals surface area contributed by atoms with Crippen molar-refractivity contribution >= 4 is 5.82 Å². The Kier molecular flexibility index (Phi) is 3.32. The van der Waals surface area contributed by atoms with Crippen molar-refractivity contribution in [2.45, 2.75) is 13.0 Å². The van der Waals surface area contributed by atoms with Gasteiger partial charge in [0, 0.05) is 24.2 Å². The molecule has 0 bridgehead atoms. The summed E-state index contributed by atoms with van der Waals surface area (Å²) >= 11 is 0. The smallest absolute Gasteiger partial charge is 0.128 e. The molecule has 88 valence electrons. The van der Waals surface area contributed by atoms with Crippen LogP contribution in [0.15, 0.2) is 36.8 Å². The first-order valence-electron chi connectivity index (χ1n) is 5.31. The SMILES string of the molecule is Cc1ccnc(N)c1C(NN)c1cccnc1. The minimum absolute atomic E-state index is 0.197. The average molecular weight is 229 g/mol. The minimum Gasteiger partial charge on any atom is -0.383 e. The molecule has 0 aliphatic heterocycles. The number of nitrogens with one attached hydrogen (secondary N) is 1. The van der Waals surface area contributed by atoms with Gasteiger partial charge < -0.3 is 5.73 Å². The number of nitrogens with zero attached hydrogens (tertiary/aromatic N) is 2. The zero-order chi connectivity index (χ0) is 12.3. The molecule has 0 amide bonds. The number of nitrogens with two attached hydrogens (primary N) is 2. The molecule has 2 aromatic heterocycles. The van der Waals surface area contributed by atoms with Crippen LogP contribution in [-0.4, -0.2) is 9.97 Å². The van der Waals surface area contributed by atoms with Crippen LogP contribution < -0.4 is 17.0 Å². The Balaban J connectivity index is 2.50. The predicted octanol–water partition coefficient (Wildman–Crippen LogP) is 0.920. The van der Waals surface area contributed by atoms with E-state index in [0.717, 1.165) is 16.7 Å². The molecule has 0 aromatic carbocycles. The summed E-state index contributed by atoms with van der Waals surface area (Å²) in [6.45, 7) is 1.98. The van der Waals surface area contributed by atoms with E-state index >= 15 is 0 Å². The zero-order valence-electron chi connectivity index (χ0n) is 9.59. The first kappa shape index (κ1) is 11.5. The van der Waals surface area contributed by atoms with E-state index in [-0.39, 0.29) is 6.04 Å². The molecular weight excluding hydrogens is 214 g/mol. The molecule has 0 aliphatic carbocycles. The van der Waals surface area contributed by atoms with Crippen LogP contribution in [0.4, 0.5) is 5.82 Å².